The standard InChI is InChI=1S/C15H9BrFN5O3/c16-9-3-4-12(11(17)6-9)21-14-13(22(23)24)15(20-8-19-14)25-10-2-1-5-18-7-10/h1-8H,(H,19,20,21). The van der Waals surface area contributed by atoms with Crippen LogP contribution in [0.3, 0.4) is 0 Å². The van der Waals surface area contributed by atoms with E-state index in [0.717, 1.165) is 6.33 Å². The highest BCUT2D eigenvalue weighted by Gasteiger charge is 2.25. The molecule has 1 N–H and O–H groups in total. The summed E-state index contributed by atoms with van der Waals surface area (Å²) in [6.07, 6.45) is 4.00. The third-order valence-electron chi connectivity index (χ3n) is 3.00. The number of nitro groups is 1. The maximum absolute atomic E-state index is 14.0. The van der Waals surface area contributed by atoms with Gasteiger partial charge in [-0.2, -0.15) is 4.98 Å². The second-order valence-electron chi connectivity index (χ2n) is 4.67. The number of nitrogens with one attached hydrogen (secondary N) is 1. The average molecular weight is 406 g/mol. The Labute approximate surface area is 149 Å². The van der Waals surface area contributed by atoms with E-state index in [-0.39, 0.29) is 23.1 Å². The fraction of sp³-hybridized carbons (Fsp3) is 0. The van der Waals surface area contributed by atoms with E-state index in [2.05, 4.69) is 36.2 Å². The average Bonchev–Trinajstić information content (AvgIpc) is 2.58. The van der Waals surface area contributed by atoms with Crippen LogP contribution in [-0.2, 0) is 0 Å². The van der Waals surface area contributed by atoms with E-state index in [4.69, 9.17) is 4.74 Å². The predicted octanol–water partition coefficient (Wildman–Crippen LogP) is 4.22. The second-order valence-corrected chi connectivity index (χ2v) is 5.59. The van der Waals surface area contributed by atoms with Crippen molar-refractivity contribution in [2.45, 2.75) is 0 Å². The first-order valence-corrected chi connectivity index (χ1v) is 7.63. The Morgan fingerprint density at radius 2 is 2.12 bits per heavy atom. The van der Waals surface area contributed by atoms with Gasteiger partial charge in [0.1, 0.15) is 17.9 Å². The largest absolute Gasteiger partial charge is 0.432 e. The van der Waals surface area contributed by atoms with Gasteiger partial charge in [-0.15, -0.1) is 0 Å². The zero-order valence-electron chi connectivity index (χ0n) is 12.4. The molecule has 0 amide bonds. The number of benzene rings is 1. The van der Waals surface area contributed by atoms with Crippen molar-refractivity contribution < 1.29 is 14.1 Å². The van der Waals surface area contributed by atoms with Crippen LogP contribution in [0.25, 0.3) is 0 Å². The van der Waals surface area contributed by atoms with Crippen molar-refractivity contribution >= 4 is 33.1 Å². The van der Waals surface area contributed by atoms with Crippen molar-refractivity contribution in [2.75, 3.05) is 5.32 Å². The van der Waals surface area contributed by atoms with Crippen LogP contribution < -0.4 is 10.1 Å². The van der Waals surface area contributed by atoms with E-state index in [9.17, 15) is 14.5 Å². The molecule has 0 saturated carbocycles. The van der Waals surface area contributed by atoms with Gasteiger partial charge in [-0.1, -0.05) is 15.9 Å². The lowest BCUT2D eigenvalue weighted by molar-refractivity contribution is -0.385. The summed E-state index contributed by atoms with van der Waals surface area (Å²) in [4.78, 5) is 22.2. The van der Waals surface area contributed by atoms with Crippen molar-refractivity contribution in [1.82, 2.24) is 15.0 Å². The number of anilines is 2. The molecule has 0 unspecified atom stereocenters. The summed E-state index contributed by atoms with van der Waals surface area (Å²) in [7, 11) is 0. The first kappa shape index (κ1) is 16.7. The number of pyridine rings is 1. The van der Waals surface area contributed by atoms with Crippen LogP contribution in [-0.4, -0.2) is 19.9 Å². The zero-order chi connectivity index (χ0) is 17.8. The van der Waals surface area contributed by atoms with Crippen molar-refractivity contribution in [3.63, 3.8) is 0 Å². The summed E-state index contributed by atoms with van der Waals surface area (Å²) in [6, 6.07) is 7.42. The molecule has 0 saturated heterocycles. The van der Waals surface area contributed by atoms with Gasteiger partial charge in [0.25, 0.3) is 0 Å². The van der Waals surface area contributed by atoms with Crippen LogP contribution in [0.4, 0.5) is 21.6 Å². The number of rotatable bonds is 5. The molecule has 3 aromatic rings. The monoisotopic (exact) mass is 405 g/mol. The van der Waals surface area contributed by atoms with Gasteiger partial charge in [0.05, 0.1) is 16.8 Å². The highest BCUT2D eigenvalue weighted by Crippen LogP contribution is 2.35. The molecule has 0 atom stereocenters. The molecule has 0 aliphatic heterocycles. The van der Waals surface area contributed by atoms with Crippen LogP contribution in [0, 0.1) is 15.9 Å². The predicted molar refractivity (Wildman–Crippen MR) is 90.4 cm³/mol. The number of aromatic nitrogens is 3. The number of hydrogen-bond donors (Lipinski definition) is 1. The van der Waals surface area contributed by atoms with Crippen molar-refractivity contribution in [1.29, 1.82) is 0 Å². The van der Waals surface area contributed by atoms with Crippen molar-refractivity contribution in [3.05, 3.63) is 69.5 Å². The SMILES string of the molecule is O=[N+]([O-])c1c(Nc2ccc(Br)cc2F)ncnc1Oc1cccnc1. The summed E-state index contributed by atoms with van der Waals surface area (Å²) >= 11 is 3.14. The summed E-state index contributed by atoms with van der Waals surface area (Å²) in [5.74, 6) is -0.810. The first-order chi connectivity index (χ1) is 12.0. The van der Waals surface area contributed by atoms with Gasteiger partial charge >= 0.3 is 11.6 Å². The molecule has 0 bridgehead atoms. The molecule has 0 fully saturated rings. The van der Waals surface area contributed by atoms with Gasteiger partial charge in [0.15, 0.2) is 0 Å². The summed E-state index contributed by atoms with van der Waals surface area (Å²) in [5.41, 5.74) is -0.494. The zero-order valence-corrected chi connectivity index (χ0v) is 14.0. The highest BCUT2D eigenvalue weighted by atomic mass is 79.9. The van der Waals surface area contributed by atoms with Crippen LogP contribution in [0.5, 0.6) is 11.6 Å². The fourth-order valence-electron chi connectivity index (χ4n) is 1.93. The van der Waals surface area contributed by atoms with Crippen molar-refractivity contribution in [2.24, 2.45) is 0 Å². The van der Waals surface area contributed by atoms with E-state index in [0.29, 0.717) is 4.47 Å². The highest BCUT2D eigenvalue weighted by molar-refractivity contribution is 9.10. The van der Waals surface area contributed by atoms with Gasteiger partial charge in [-0.25, -0.2) is 9.37 Å². The number of halogens is 2. The van der Waals surface area contributed by atoms with E-state index in [1.807, 2.05) is 0 Å². The lowest BCUT2D eigenvalue weighted by Gasteiger charge is -2.10. The number of nitrogens with zero attached hydrogens (tertiary/aromatic N) is 4. The summed E-state index contributed by atoms with van der Waals surface area (Å²) < 4.78 is 19.9. The normalized spacial score (nSPS) is 10.3. The third-order valence-corrected chi connectivity index (χ3v) is 3.50. The van der Waals surface area contributed by atoms with Crippen LogP contribution in [0.15, 0.2) is 53.5 Å². The van der Waals surface area contributed by atoms with Crippen LogP contribution >= 0.6 is 15.9 Å². The molecular formula is C15H9BrFN5O3. The quantitative estimate of drug-likeness (QED) is 0.500. The molecule has 0 radical (unpaired) electrons. The molecular weight excluding hydrogens is 397 g/mol. The number of hydrogen-bond acceptors (Lipinski definition) is 7. The van der Waals surface area contributed by atoms with Gasteiger partial charge in [0.2, 0.25) is 5.82 Å². The lowest BCUT2D eigenvalue weighted by atomic mass is 10.3. The van der Waals surface area contributed by atoms with Crippen molar-refractivity contribution in [3.8, 4) is 11.6 Å². The Morgan fingerprint density at radius 3 is 2.80 bits per heavy atom. The molecule has 8 nitrogen and oxygen atoms in total. The van der Waals surface area contributed by atoms with E-state index >= 15 is 0 Å². The molecule has 3 rings (SSSR count). The molecule has 0 aliphatic rings. The number of ether oxygens (including phenoxy) is 1. The lowest BCUT2D eigenvalue weighted by Crippen LogP contribution is -2.04. The molecule has 10 heteroatoms. The van der Waals surface area contributed by atoms with Gasteiger partial charge in [0, 0.05) is 10.7 Å². The maximum atomic E-state index is 14.0. The topological polar surface area (TPSA) is 103 Å². The molecule has 25 heavy (non-hydrogen) atoms. The Bertz CT molecular complexity index is 926. The van der Waals surface area contributed by atoms with E-state index in [1.54, 1.807) is 18.2 Å². The van der Waals surface area contributed by atoms with Crippen LogP contribution in [0.2, 0.25) is 0 Å². The molecule has 2 aromatic heterocycles. The van der Waals surface area contributed by atoms with Gasteiger partial charge in [-0.05, 0) is 30.3 Å². The Morgan fingerprint density at radius 1 is 1.28 bits per heavy atom. The van der Waals surface area contributed by atoms with Gasteiger partial charge < -0.3 is 10.1 Å². The van der Waals surface area contributed by atoms with Gasteiger partial charge in [-0.3, -0.25) is 15.1 Å². The minimum atomic E-state index is -0.704. The maximum Gasteiger partial charge on any atom is 0.373 e. The Balaban J connectivity index is 1.99. The minimum absolute atomic E-state index is 0.0253. The minimum Gasteiger partial charge on any atom is -0.432 e. The third kappa shape index (κ3) is 3.86. The molecule has 0 aliphatic carbocycles. The molecule has 2 heterocycles. The molecule has 0 spiro atoms. The smallest absolute Gasteiger partial charge is 0.373 e. The Hall–Kier alpha value is -3.14. The summed E-state index contributed by atoms with van der Waals surface area (Å²) in [6.45, 7) is 0. The van der Waals surface area contributed by atoms with E-state index in [1.165, 1.54) is 24.5 Å². The summed E-state index contributed by atoms with van der Waals surface area (Å²) in [5, 5.41) is 14.0. The fourth-order valence-corrected chi connectivity index (χ4v) is 2.26. The first-order valence-electron chi connectivity index (χ1n) is 6.84. The molecule has 1 aromatic carbocycles. The van der Waals surface area contributed by atoms with Crippen LogP contribution in [0.1, 0.15) is 0 Å². The molecule has 126 valence electrons. The van der Waals surface area contributed by atoms with E-state index < -0.39 is 16.4 Å². The second kappa shape index (κ2) is 7.18. The Kier molecular flexibility index (Phi) is 4.80.